The van der Waals surface area contributed by atoms with E-state index in [9.17, 15) is 13.2 Å². The highest BCUT2D eigenvalue weighted by Gasteiger charge is 2.35. The number of benzene rings is 2. The van der Waals surface area contributed by atoms with Crippen molar-refractivity contribution in [3.8, 4) is 11.5 Å². The van der Waals surface area contributed by atoms with Gasteiger partial charge in [-0.05, 0) is 74.9 Å². The summed E-state index contributed by atoms with van der Waals surface area (Å²) in [6.07, 6.45) is 4.46. The molecule has 1 saturated carbocycles. The summed E-state index contributed by atoms with van der Waals surface area (Å²) < 4.78 is 39.5. The van der Waals surface area contributed by atoms with Crippen LogP contribution in [0.3, 0.4) is 0 Å². The Morgan fingerprint density at radius 3 is 2.23 bits per heavy atom. The minimum atomic E-state index is -3.94. The molecule has 0 saturated heterocycles. The number of ether oxygens (including phenoxy) is 2. The Hall–Kier alpha value is -2.58. The molecule has 8 heteroatoms. The van der Waals surface area contributed by atoms with E-state index >= 15 is 0 Å². The van der Waals surface area contributed by atoms with E-state index in [1.54, 1.807) is 6.07 Å². The summed E-state index contributed by atoms with van der Waals surface area (Å²) >= 11 is 0. The Morgan fingerprint density at radius 1 is 0.971 bits per heavy atom. The van der Waals surface area contributed by atoms with Crippen molar-refractivity contribution in [3.63, 3.8) is 0 Å². The summed E-state index contributed by atoms with van der Waals surface area (Å²) in [4.78, 5) is 13.3. The van der Waals surface area contributed by atoms with Crippen molar-refractivity contribution < 1.29 is 22.7 Å². The number of carbonyl (C=O) groups excluding carboxylic acids is 1. The van der Waals surface area contributed by atoms with Gasteiger partial charge in [-0.2, -0.15) is 4.31 Å². The molecule has 1 N–H and O–H groups in total. The molecule has 0 radical (unpaired) electrons. The van der Waals surface area contributed by atoms with Gasteiger partial charge in [-0.25, -0.2) is 8.42 Å². The first kappa shape index (κ1) is 27.0. The Labute approximate surface area is 209 Å². The largest absolute Gasteiger partial charge is 0.493 e. The fraction of sp³-hybridized carbons (Fsp3) is 0.519. The maximum Gasteiger partial charge on any atom is 0.243 e. The second-order valence-electron chi connectivity index (χ2n) is 9.44. The molecular formula is C27H38N2O5S. The van der Waals surface area contributed by atoms with Gasteiger partial charge in [-0.15, -0.1) is 0 Å². The van der Waals surface area contributed by atoms with Gasteiger partial charge in [0.05, 0.1) is 31.7 Å². The average molecular weight is 503 g/mol. The molecule has 3 rings (SSSR count). The van der Waals surface area contributed by atoms with Crippen molar-refractivity contribution >= 4 is 15.9 Å². The average Bonchev–Trinajstić information content (AvgIpc) is 2.84. The van der Waals surface area contributed by atoms with Gasteiger partial charge in [0, 0.05) is 12.1 Å². The highest BCUT2D eigenvalue weighted by atomic mass is 32.2. The summed E-state index contributed by atoms with van der Waals surface area (Å²) in [5, 5.41) is 3.03. The molecule has 2 aromatic rings. The van der Waals surface area contributed by atoms with Gasteiger partial charge in [0.2, 0.25) is 15.9 Å². The molecule has 0 spiro atoms. The van der Waals surface area contributed by atoms with Crippen LogP contribution in [0.2, 0.25) is 0 Å². The first-order valence-corrected chi connectivity index (χ1v) is 13.6. The highest BCUT2D eigenvalue weighted by molar-refractivity contribution is 7.89. The van der Waals surface area contributed by atoms with Crippen LogP contribution in [0.25, 0.3) is 0 Å². The van der Waals surface area contributed by atoms with Crippen molar-refractivity contribution in [2.75, 3.05) is 20.8 Å². The lowest BCUT2D eigenvalue weighted by Gasteiger charge is -2.33. The molecular weight excluding hydrogens is 464 g/mol. The third-order valence-electron chi connectivity index (χ3n) is 6.97. The second kappa shape index (κ2) is 11.4. The van der Waals surface area contributed by atoms with E-state index in [1.807, 2.05) is 20.8 Å². The smallest absolute Gasteiger partial charge is 0.243 e. The number of hydrogen-bond donors (Lipinski definition) is 1. The van der Waals surface area contributed by atoms with Crippen LogP contribution in [0.15, 0.2) is 35.2 Å². The summed E-state index contributed by atoms with van der Waals surface area (Å²) in [5.41, 5.74) is 4.50. The topological polar surface area (TPSA) is 84.9 Å². The van der Waals surface area contributed by atoms with Crippen LogP contribution in [0.1, 0.15) is 67.3 Å². The molecule has 1 fully saturated rings. The van der Waals surface area contributed by atoms with Gasteiger partial charge >= 0.3 is 0 Å². The normalized spacial score (nSPS) is 15.6. The quantitative estimate of drug-likeness (QED) is 0.531. The monoisotopic (exact) mass is 502 g/mol. The third kappa shape index (κ3) is 6.16. The Morgan fingerprint density at radius 2 is 1.60 bits per heavy atom. The molecule has 1 aliphatic rings. The third-order valence-corrected chi connectivity index (χ3v) is 8.86. The zero-order valence-corrected chi connectivity index (χ0v) is 22.5. The van der Waals surface area contributed by atoms with Gasteiger partial charge in [0.1, 0.15) is 0 Å². The standard InChI is InChI=1S/C27H38N2O5S/c1-18-14-20(3)24(15-19(18)2)21(4)28-27(30)17-29(22-10-8-7-9-11-22)35(31,32)23-12-13-25(33-5)26(16-23)34-6/h12-16,21-22H,7-11,17H2,1-6H3,(H,28,30). The number of amides is 1. The highest BCUT2D eigenvalue weighted by Crippen LogP contribution is 2.33. The molecule has 7 nitrogen and oxygen atoms in total. The van der Waals surface area contributed by atoms with Crippen LogP contribution in [0.5, 0.6) is 11.5 Å². The second-order valence-corrected chi connectivity index (χ2v) is 11.3. The lowest BCUT2D eigenvalue weighted by atomic mass is 9.95. The Bertz CT molecular complexity index is 1160. The van der Waals surface area contributed by atoms with Crippen LogP contribution in [-0.2, 0) is 14.8 Å². The zero-order chi connectivity index (χ0) is 25.8. The van der Waals surface area contributed by atoms with E-state index in [0.717, 1.165) is 48.8 Å². The first-order chi connectivity index (χ1) is 16.6. The zero-order valence-electron chi connectivity index (χ0n) is 21.7. The van der Waals surface area contributed by atoms with Crippen LogP contribution in [0, 0.1) is 20.8 Å². The van der Waals surface area contributed by atoms with Crippen molar-refractivity contribution in [2.24, 2.45) is 0 Å². The van der Waals surface area contributed by atoms with E-state index in [2.05, 4.69) is 24.4 Å². The molecule has 1 atom stereocenters. The number of hydrogen-bond acceptors (Lipinski definition) is 5. The van der Waals surface area contributed by atoms with Gasteiger partial charge in [-0.1, -0.05) is 31.4 Å². The minimum Gasteiger partial charge on any atom is -0.493 e. The number of aryl methyl sites for hydroxylation is 3. The van der Waals surface area contributed by atoms with E-state index in [0.29, 0.717) is 11.5 Å². The molecule has 1 unspecified atom stereocenters. The van der Waals surface area contributed by atoms with Crippen molar-refractivity contribution in [2.45, 2.75) is 76.8 Å². The molecule has 0 aliphatic heterocycles. The molecule has 2 aromatic carbocycles. The number of sulfonamides is 1. The maximum absolute atomic E-state index is 13.8. The van der Waals surface area contributed by atoms with Crippen LogP contribution in [-0.4, -0.2) is 45.4 Å². The molecule has 1 amide bonds. The van der Waals surface area contributed by atoms with Crippen LogP contribution < -0.4 is 14.8 Å². The predicted molar refractivity (Wildman–Crippen MR) is 138 cm³/mol. The van der Waals surface area contributed by atoms with Crippen molar-refractivity contribution in [3.05, 3.63) is 52.6 Å². The fourth-order valence-corrected chi connectivity index (χ4v) is 6.50. The van der Waals surface area contributed by atoms with Gasteiger partial charge < -0.3 is 14.8 Å². The maximum atomic E-state index is 13.8. The van der Waals surface area contributed by atoms with Crippen LogP contribution >= 0.6 is 0 Å². The summed E-state index contributed by atoms with van der Waals surface area (Å²) in [7, 11) is -0.965. The van der Waals surface area contributed by atoms with E-state index in [4.69, 9.17) is 9.47 Å². The Balaban J connectivity index is 1.87. The Kier molecular flexibility index (Phi) is 8.83. The van der Waals surface area contributed by atoms with Gasteiger partial charge in [-0.3, -0.25) is 4.79 Å². The molecule has 192 valence electrons. The molecule has 0 aromatic heterocycles. The number of nitrogens with zero attached hydrogens (tertiary/aromatic N) is 1. The SMILES string of the molecule is COc1ccc(S(=O)(=O)N(CC(=O)NC(C)c2cc(C)c(C)cc2C)C2CCCCC2)cc1OC. The number of rotatable bonds is 9. The number of carbonyl (C=O) groups is 1. The lowest BCUT2D eigenvalue weighted by molar-refractivity contribution is -0.122. The molecule has 0 bridgehead atoms. The minimum absolute atomic E-state index is 0.0894. The summed E-state index contributed by atoms with van der Waals surface area (Å²) in [6, 6.07) is 8.30. The van der Waals surface area contributed by atoms with Crippen LogP contribution in [0.4, 0.5) is 0 Å². The summed E-state index contributed by atoms with van der Waals surface area (Å²) in [6.45, 7) is 7.85. The van der Waals surface area contributed by atoms with E-state index in [1.165, 1.54) is 36.2 Å². The van der Waals surface area contributed by atoms with E-state index in [-0.39, 0.29) is 29.4 Å². The number of nitrogens with one attached hydrogen (secondary N) is 1. The van der Waals surface area contributed by atoms with E-state index < -0.39 is 10.0 Å². The first-order valence-electron chi connectivity index (χ1n) is 12.2. The van der Waals surface area contributed by atoms with Gasteiger partial charge in [0.25, 0.3) is 0 Å². The molecule has 1 aliphatic carbocycles. The fourth-order valence-electron chi connectivity index (χ4n) is 4.85. The lowest BCUT2D eigenvalue weighted by Crippen LogP contribution is -2.47. The molecule has 0 heterocycles. The predicted octanol–water partition coefficient (Wildman–Crippen LogP) is 4.83. The molecule has 35 heavy (non-hydrogen) atoms. The van der Waals surface area contributed by atoms with Crippen molar-refractivity contribution in [1.82, 2.24) is 9.62 Å². The van der Waals surface area contributed by atoms with Crippen molar-refractivity contribution in [1.29, 1.82) is 0 Å². The summed E-state index contributed by atoms with van der Waals surface area (Å²) in [5.74, 6) is 0.469. The number of methoxy groups -OCH3 is 2. The van der Waals surface area contributed by atoms with Gasteiger partial charge in [0.15, 0.2) is 11.5 Å².